The van der Waals surface area contributed by atoms with Crippen LogP contribution in [0.1, 0.15) is 6.92 Å². The van der Waals surface area contributed by atoms with Gasteiger partial charge < -0.3 is 0 Å². The molecular weight excluding hydrogens is 244 g/mol. The van der Waals surface area contributed by atoms with E-state index in [1.165, 1.54) is 19.3 Å². The van der Waals surface area contributed by atoms with Gasteiger partial charge >= 0.3 is 83.2 Å². The average molecular weight is 258 g/mol. The summed E-state index contributed by atoms with van der Waals surface area (Å²) in [4.78, 5) is 21.3. The second-order valence-corrected chi connectivity index (χ2v) is 33.6. The Morgan fingerprint density at radius 3 is 1.75 bits per heavy atom. The predicted octanol–water partition coefficient (Wildman–Crippen LogP) is 2.89. The first-order valence-corrected chi connectivity index (χ1v) is 12.9. The summed E-state index contributed by atoms with van der Waals surface area (Å²) < 4.78 is 7.10. The molecule has 8 atom stereocenters. The van der Waals surface area contributed by atoms with Crippen LogP contribution >= 0.6 is 0 Å². The van der Waals surface area contributed by atoms with Gasteiger partial charge in [0.15, 0.2) is 0 Å². The summed E-state index contributed by atoms with van der Waals surface area (Å²) >= 11 is 0. The zero-order chi connectivity index (χ0) is 10.2. The molecule has 0 aromatic carbocycles. The molecule has 10 rings (SSSR count). The van der Waals surface area contributed by atoms with Gasteiger partial charge in [0.1, 0.15) is 0 Å². The van der Waals surface area contributed by atoms with Crippen molar-refractivity contribution in [3.63, 3.8) is 0 Å². The first-order valence-electron chi connectivity index (χ1n) is 6.71. The maximum atomic E-state index is 12.4. The zero-order valence-electron chi connectivity index (χ0n) is 9.29. The van der Waals surface area contributed by atoms with Crippen LogP contribution in [0.3, 0.4) is 0 Å². The van der Waals surface area contributed by atoms with Gasteiger partial charge in [-0.05, 0) is 0 Å². The van der Waals surface area contributed by atoms with Crippen molar-refractivity contribution in [1.82, 2.24) is 0 Å². The number of ketones is 1. The van der Waals surface area contributed by atoms with E-state index in [1.807, 2.05) is 14.0 Å². The molecule has 10 heterocycles. The Morgan fingerprint density at radius 1 is 1.06 bits per heavy atom. The summed E-state index contributed by atoms with van der Waals surface area (Å²) in [5, 5.41) is 0. The number of hydrogen-bond donors (Lipinski definition) is 0. The third-order valence-corrected chi connectivity index (χ3v) is 58.0. The monoisotopic (exact) mass is 258 g/mol. The molecule has 16 heavy (non-hydrogen) atoms. The van der Waals surface area contributed by atoms with E-state index >= 15 is 0 Å². The van der Waals surface area contributed by atoms with Crippen LogP contribution in [0.2, 0.25) is 42.8 Å². The van der Waals surface area contributed by atoms with Crippen LogP contribution in [0.15, 0.2) is 0 Å². The number of fused-ring (bicyclic) bond motifs is 10. The van der Waals surface area contributed by atoms with Crippen LogP contribution in [-0.2, 0) is 16.0 Å². The van der Waals surface area contributed by atoms with Crippen LogP contribution in [0, 0.1) is 0 Å². The summed E-state index contributed by atoms with van der Waals surface area (Å²) in [6.07, 6.45) is 0. The molecule has 2 nitrogen and oxygen atoms in total. The number of ether oxygens (including phenoxy) is 1. The Bertz CT molecular complexity index is 1020. The van der Waals surface area contributed by atoms with Gasteiger partial charge in [0, 0.05) is 0 Å². The van der Waals surface area contributed by atoms with Crippen molar-refractivity contribution in [3.8, 4) is 0 Å². The van der Waals surface area contributed by atoms with E-state index in [1.54, 1.807) is 0 Å². The third-order valence-electron chi connectivity index (χ3n) is 15.5. The Morgan fingerprint density at radius 2 is 1.56 bits per heavy atom. The molecule has 10 fully saturated rings. The fraction of sp³-hybridized carbons (Fsp3) is 0.923. The van der Waals surface area contributed by atoms with Crippen molar-refractivity contribution >= 4 is 5.78 Å². The Balaban J connectivity index is 1.83. The van der Waals surface area contributed by atoms with E-state index in [-0.39, 0.29) is 0 Å². The number of Topliss-reactive ketones (excluding diaryl/α,β-unsaturated/α-hetero) is 1. The molecule has 0 aliphatic carbocycles. The van der Waals surface area contributed by atoms with Gasteiger partial charge in [-0.15, -0.1) is 0 Å². The van der Waals surface area contributed by atoms with Crippen molar-refractivity contribution in [3.05, 3.63) is 0 Å². The fourth-order valence-electron chi connectivity index (χ4n) is 17.9. The van der Waals surface area contributed by atoms with E-state index in [2.05, 4.69) is 0 Å². The van der Waals surface area contributed by atoms with Gasteiger partial charge in [0.2, 0.25) is 0 Å². The number of carbonyl (C=O) groups excluding carboxylic acids is 1. The average Bonchev–Trinajstić information content (AvgIpc) is 3.22. The van der Waals surface area contributed by atoms with Crippen LogP contribution in [0.5, 0.6) is 0 Å². The third kappa shape index (κ3) is 0.0442. The normalized spacial score (nSPS) is 130. The predicted molar refractivity (Wildman–Crippen MR) is 53.1 cm³/mol. The maximum absolute atomic E-state index is 12.4. The number of carbonyl (C=O) groups is 1. The Labute approximate surface area is 83.4 Å². The standard InChI is InChI=1S/C7H7O.C6H7O.Fe/c1-6(8)7-4-2-3-5-7;1-7-6-4-2-3-5-6;/h2-5H,1H3;2-5H,1H3;. The summed E-state index contributed by atoms with van der Waals surface area (Å²) in [6, 6.07) is 0. The molecule has 3 heteroatoms. The summed E-state index contributed by atoms with van der Waals surface area (Å²) in [5.41, 5.74) is 0. The Kier molecular flexibility index (Phi) is 0.153. The zero-order valence-corrected chi connectivity index (χ0v) is 10.4. The molecule has 8 unspecified atom stereocenters. The molecule has 0 saturated carbocycles. The summed E-state index contributed by atoms with van der Waals surface area (Å²) in [6.45, 7) is -1.43. The van der Waals surface area contributed by atoms with E-state index in [0.29, 0.717) is 14.6 Å². The number of rotatable bonds is 2. The summed E-state index contributed by atoms with van der Waals surface area (Å²) in [7, 11) is 2.00. The van der Waals surface area contributed by atoms with Crippen molar-refractivity contribution < 1.29 is 16.0 Å². The van der Waals surface area contributed by atoms with Gasteiger partial charge in [-0.2, -0.15) is 0 Å². The van der Waals surface area contributed by atoms with E-state index in [0.717, 1.165) is 19.3 Å². The molecule has 1 spiro atoms. The second kappa shape index (κ2) is 0.418. The van der Waals surface area contributed by atoms with Gasteiger partial charge in [-0.25, -0.2) is 0 Å². The Hall–Kier alpha value is 0.149. The topological polar surface area (TPSA) is 26.3 Å². The van der Waals surface area contributed by atoms with Crippen LogP contribution < -0.4 is 0 Å². The fourth-order valence-corrected chi connectivity index (χ4v) is 93.0. The summed E-state index contributed by atoms with van der Waals surface area (Å²) in [5.74, 6) is 0.649. The van der Waals surface area contributed by atoms with Gasteiger partial charge in [-0.3, -0.25) is 0 Å². The quantitative estimate of drug-likeness (QED) is 0.712. The number of methoxy groups -OCH3 is 1. The molecule has 0 N–H and O–H groups in total. The van der Waals surface area contributed by atoms with Crippen molar-refractivity contribution in [2.45, 2.75) is 54.3 Å². The minimum absolute atomic E-state index is 0.393. The van der Waals surface area contributed by atoms with Crippen molar-refractivity contribution in [2.24, 2.45) is 0 Å². The van der Waals surface area contributed by atoms with Crippen molar-refractivity contribution in [1.29, 1.82) is 0 Å². The van der Waals surface area contributed by atoms with Crippen LogP contribution in [0.4, 0.5) is 0 Å². The van der Waals surface area contributed by atoms with Crippen LogP contribution in [0.25, 0.3) is 0 Å². The molecule has 10 saturated heterocycles. The van der Waals surface area contributed by atoms with Gasteiger partial charge in [0.25, 0.3) is 0 Å². The molecule has 0 aromatic heterocycles. The number of hydrogen-bond acceptors (Lipinski definition) is 2. The minimum atomic E-state index is -3.38. The molecule has 0 amide bonds. The first-order chi connectivity index (χ1) is 7.44. The van der Waals surface area contributed by atoms with Gasteiger partial charge in [0.05, 0.1) is 0 Å². The molecule has 10 aliphatic heterocycles. The second-order valence-electron chi connectivity index (χ2n) is 10.5. The van der Waals surface area contributed by atoms with Crippen LogP contribution in [-0.4, -0.2) is 17.4 Å². The SMILES string of the molecule is CO[C]12[CH]3[CH]4[CH]5[CH]1[Fe]45321678[CH]2[CH]1[CH]6[C]7(C(C)=O)[CH]28. The molecule has 86 valence electrons. The van der Waals surface area contributed by atoms with E-state index in [9.17, 15) is 4.79 Å². The van der Waals surface area contributed by atoms with E-state index in [4.69, 9.17) is 4.74 Å². The first kappa shape index (κ1) is 5.86. The molecule has 0 aromatic rings. The van der Waals surface area contributed by atoms with Gasteiger partial charge in [-0.1, -0.05) is 0 Å². The molecular formula is C13H14FeO2. The van der Waals surface area contributed by atoms with Crippen molar-refractivity contribution in [2.75, 3.05) is 7.11 Å². The molecule has 0 bridgehead atoms. The van der Waals surface area contributed by atoms with E-state index < -0.39 is 6.51 Å². The molecule has 0 radical (unpaired) electrons. The molecule has 10 aliphatic rings.